The lowest BCUT2D eigenvalue weighted by Crippen LogP contribution is -2.52. The van der Waals surface area contributed by atoms with Crippen LogP contribution < -0.4 is 10.6 Å². The summed E-state index contributed by atoms with van der Waals surface area (Å²) in [6.45, 7) is 3.35. The van der Waals surface area contributed by atoms with Gasteiger partial charge in [-0.25, -0.2) is 27.3 Å². The third-order valence-corrected chi connectivity index (χ3v) is 9.73. The number of carbonyl (C=O) groups is 1. The Balaban J connectivity index is 1.20. The number of nitrogens with zero attached hydrogens (tertiary/aromatic N) is 3. The zero-order chi connectivity index (χ0) is 31.6. The van der Waals surface area contributed by atoms with E-state index in [1.165, 1.54) is 0 Å². The molecule has 8 nitrogen and oxygen atoms in total. The van der Waals surface area contributed by atoms with Crippen LogP contribution in [0.4, 0.5) is 22.4 Å². The predicted octanol–water partition coefficient (Wildman–Crippen LogP) is 6.66. The van der Waals surface area contributed by atoms with Crippen LogP contribution in [-0.4, -0.2) is 71.5 Å². The highest BCUT2D eigenvalue weighted by Gasteiger charge is 2.51. The number of imidazole rings is 1. The Morgan fingerprint density at radius 3 is 2.91 bits per heavy atom. The van der Waals surface area contributed by atoms with Crippen molar-refractivity contribution >= 4 is 11.7 Å². The topological polar surface area (TPSA) is 84.0 Å². The van der Waals surface area contributed by atoms with Gasteiger partial charge < -0.3 is 24.7 Å². The second-order valence-electron chi connectivity index (χ2n) is 13.2. The number of nitrogens with one attached hydrogen (secondary N) is 2. The number of hydrogen-bond acceptors (Lipinski definition) is 6. The number of amides is 1. The molecule has 2 aliphatic heterocycles. The van der Waals surface area contributed by atoms with Crippen molar-refractivity contribution < 1.29 is 31.8 Å². The average Bonchev–Trinajstić information content (AvgIpc) is 3.69. The second kappa shape index (κ2) is 13.8. The number of allylic oxidation sites excluding steroid dienone is 8. The van der Waals surface area contributed by atoms with Gasteiger partial charge in [-0.3, -0.25) is 4.90 Å². The molecule has 5 unspecified atom stereocenters. The number of halogens is 4. The molecule has 45 heavy (non-hydrogen) atoms. The summed E-state index contributed by atoms with van der Waals surface area (Å²) in [5.41, 5.74) is 2.43. The summed E-state index contributed by atoms with van der Waals surface area (Å²) in [6, 6.07) is -0.244. The molecule has 0 bridgehead atoms. The van der Waals surface area contributed by atoms with Crippen LogP contribution in [0.25, 0.3) is 5.57 Å². The van der Waals surface area contributed by atoms with Crippen LogP contribution in [0.3, 0.4) is 0 Å². The SMILES string of the molecule is CC1(CCC2CNCCN2C2OC2c2ncn([C@H]3CCCCC3NC(=O)OCC(F)F)c2C2=CC=CCC2)C=C(F)C=C(F)C1. The molecular weight excluding hydrogens is 590 g/mol. The second-order valence-corrected chi connectivity index (χ2v) is 13.2. The highest BCUT2D eigenvalue weighted by molar-refractivity contribution is 5.69. The van der Waals surface area contributed by atoms with Gasteiger partial charge in [0, 0.05) is 38.2 Å². The number of epoxide rings is 1. The molecule has 3 fully saturated rings. The van der Waals surface area contributed by atoms with Gasteiger partial charge in [0.1, 0.15) is 24.0 Å². The number of alkyl halides is 2. The van der Waals surface area contributed by atoms with E-state index in [2.05, 4.69) is 38.3 Å². The molecule has 12 heteroatoms. The van der Waals surface area contributed by atoms with E-state index in [-0.39, 0.29) is 36.9 Å². The molecule has 1 saturated carbocycles. The highest BCUT2D eigenvalue weighted by atomic mass is 19.3. The zero-order valence-corrected chi connectivity index (χ0v) is 25.7. The third-order valence-electron chi connectivity index (χ3n) is 9.73. The van der Waals surface area contributed by atoms with E-state index < -0.39 is 36.2 Å². The highest BCUT2D eigenvalue weighted by Crippen LogP contribution is 2.47. The Labute approximate surface area is 261 Å². The van der Waals surface area contributed by atoms with Gasteiger partial charge in [-0.15, -0.1) is 0 Å². The molecule has 3 aliphatic carbocycles. The van der Waals surface area contributed by atoms with Crippen molar-refractivity contribution in [1.82, 2.24) is 25.1 Å². The molecule has 0 radical (unpaired) electrons. The fourth-order valence-corrected chi connectivity index (χ4v) is 7.51. The average molecular weight is 634 g/mol. The Morgan fingerprint density at radius 1 is 1.29 bits per heavy atom. The summed E-state index contributed by atoms with van der Waals surface area (Å²) in [5.74, 6) is -0.932. The smallest absolute Gasteiger partial charge is 0.407 e. The quantitative estimate of drug-likeness (QED) is 0.222. The molecule has 2 N–H and O–H groups in total. The molecule has 1 amide bonds. The van der Waals surface area contributed by atoms with Crippen molar-refractivity contribution in [2.24, 2.45) is 5.41 Å². The summed E-state index contributed by atoms with van der Waals surface area (Å²) in [5, 5.41) is 6.32. The minimum atomic E-state index is -2.72. The van der Waals surface area contributed by atoms with E-state index in [1.54, 1.807) is 6.08 Å². The first kappa shape index (κ1) is 32.0. The van der Waals surface area contributed by atoms with Crippen molar-refractivity contribution in [2.75, 3.05) is 26.2 Å². The van der Waals surface area contributed by atoms with Crippen molar-refractivity contribution in [3.8, 4) is 0 Å². The van der Waals surface area contributed by atoms with Gasteiger partial charge in [-0.05, 0) is 55.6 Å². The number of alkyl carbamates (subject to hydrolysis) is 1. The Bertz CT molecular complexity index is 1360. The summed E-state index contributed by atoms with van der Waals surface area (Å²) >= 11 is 0. The number of ether oxygens (including phenoxy) is 2. The van der Waals surface area contributed by atoms with Crippen LogP contribution in [-0.2, 0) is 9.47 Å². The lowest BCUT2D eigenvalue weighted by atomic mass is 9.78. The van der Waals surface area contributed by atoms with Gasteiger partial charge in [0.05, 0.1) is 29.8 Å². The molecule has 0 spiro atoms. The molecule has 3 heterocycles. The monoisotopic (exact) mass is 633 g/mol. The van der Waals surface area contributed by atoms with Gasteiger partial charge in [0.25, 0.3) is 6.43 Å². The molecule has 2 saturated heterocycles. The number of aromatic nitrogens is 2. The van der Waals surface area contributed by atoms with Crippen molar-refractivity contribution in [3.63, 3.8) is 0 Å². The van der Waals surface area contributed by atoms with E-state index in [9.17, 15) is 22.4 Å². The van der Waals surface area contributed by atoms with E-state index in [0.29, 0.717) is 12.8 Å². The van der Waals surface area contributed by atoms with Crippen LogP contribution in [0.2, 0.25) is 0 Å². The first-order valence-electron chi connectivity index (χ1n) is 16.2. The van der Waals surface area contributed by atoms with Crippen molar-refractivity contribution in [3.05, 3.63) is 59.7 Å². The first-order chi connectivity index (χ1) is 21.7. The fraction of sp³-hybridized carbons (Fsp3) is 0.636. The normalized spacial score (nSPS) is 32.1. The van der Waals surface area contributed by atoms with E-state index >= 15 is 0 Å². The van der Waals surface area contributed by atoms with Crippen molar-refractivity contribution in [2.45, 2.75) is 102 Å². The standard InChI is InChI=1S/C33H43F4N5O3/c1-33(16-22(34)15-23(35)17-33)12-11-24-18-38-13-14-41(24)31-30(45-31)28-29(21-7-3-2-4-8-21)42(20-39-28)26-10-6-5-9-25(26)40-32(43)44-19-27(36)37/h2-3,7,15-16,20,24-27,30-31,38H,4-6,8-14,17-19H2,1H3,(H,40,43)/t24?,25?,26-,30?,31?,33?/m0/s1. The third kappa shape index (κ3) is 7.55. The maximum Gasteiger partial charge on any atom is 0.407 e. The minimum absolute atomic E-state index is 0.107. The fourth-order valence-electron chi connectivity index (χ4n) is 7.51. The Kier molecular flexibility index (Phi) is 9.82. The summed E-state index contributed by atoms with van der Waals surface area (Å²) in [7, 11) is 0. The van der Waals surface area contributed by atoms with Crippen LogP contribution in [0, 0.1) is 5.41 Å². The number of rotatable bonds is 10. The number of hydrogen-bond donors (Lipinski definition) is 2. The Hall–Kier alpha value is -2.96. The van der Waals surface area contributed by atoms with Gasteiger partial charge in [0.15, 0.2) is 6.61 Å². The van der Waals surface area contributed by atoms with E-state index in [0.717, 1.165) is 81.2 Å². The van der Waals surface area contributed by atoms with Crippen molar-refractivity contribution in [1.29, 1.82) is 0 Å². The van der Waals surface area contributed by atoms with Gasteiger partial charge in [-0.1, -0.05) is 38.0 Å². The maximum absolute atomic E-state index is 14.1. The maximum atomic E-state index is 14.1. The molecule has 0 aromatic carbocycles. The molecule has 1 aromatic heterocycles. The predicted molar refractivity (Wildman–Crippen MR) is 162 cm³/mol. The first-order valence-corrected chi connectivity index (χ1v) is 16.2. The van der Waals surface area contributed by atoms with Gasteiger partial charge >= 0.3 is 6.09 Å². The summed E-state index contributed by atoms with van der Waals surface area (Å²) in [6.07, 6.45) is 13.5. The molecule has 6 atom stereocenters. The molecule has 6 rings (SSSR count). The van der Waals surface area contributed by atoms with Crippen LogP contribution >= 0.6 is 0 Å². The zero-order valence-electron chi connectivity index (χ0n) is 25.7. The lowest BCUT2D eigenvalue weighted by molar-refractivity contribution is 0.0458. The largest absolute Gasteiger partial charge is 0.443 e. The van der Waals surface area contributed by atoms with Crippen LogP contribution in [0.15, 0.2) is 48.4 Å². The Morgan fingerprint density at radius 2 is 2.13 bits per heavy atom. The number of piperazine rings is 1. The molecule has 246 valence electrons. The van der Waals surface area contributed by atoms with Gasteiger partial charge in [0.2, 0.25) is 0 Å². The van der Waals surface area contributed by atoms with E-state index in [4.69, 9.17) is 14.5 Å². The lowest BCUT2D eigenvalue weighted by Gasteiger charge is -2.37. The summed E-state index contributed by atoms with van der Waals surface area (Å²) < 4.78 is 66.7. The van der Waals surface area contributed by atoms with Crippen LogP contribution in [0.5, 0.6) is 0 Å². The molecule has 5 aliphatic rings. The van der Waals surface area contributed by atoms with E-state index in [1.807, 2.05) is 13.3 Å². The summed E-state index contributed by atoms with van der Waals surface area (Å²) in [4.78, 5) is 19.6. The molecular formula is C33H43F4N5O3. The minimum Gasteiger partial charge on any atom is -0.443 e. The van der Waals surface area contributed by atoms with Gasteiger partial charge in [-0.2, -0.15) is 0 Å². The molecule has 1 aromatic rings. The van der Waals surface area contributed by atoms with Crippen LogP contribution in [0.1, 0.15) is 88.2 Å². The number of carbonyl (C=O) groups excluding carboxylic acids is 1.